The Morgan fingerprint density at radius 1 is 1.42 bits per heavy atom. The normalized spacial score (nSPS) is 16.9. The maximum atomic E-state index is 12.4. The molecule has 2 aromatic heterocycles. The van der Waals surface area contributed by atoms with Gasteiger partial charge in [-0.2, -0.15) is 0 Å². The van der Waals surface area contributed by atoms with Crippen LogP contribution >= 0.6 is 11.8 Å². The molecule has 0 radical (unpaired) electrons. The fourth-order valence-corrected chi connectivity index (χ4v) is 3.95. The van der Waals surface area contributed by atoms with Gasteiger partial charge in [0, 0.05) is 12.6 Å². The second-order valence-corrected chi connectivity index (χ2v) is 7.44. The number of hydrogen-bond donors (Lipinski definition) is 1. The van der Waals surface area contributed by atoms with Gasteiger partial charge in [0.25, 0.3) is 0 Å². The minimum atomic E-state index is -0.203. The van der Waals surface area contributed by atoms with Crippen LogP contribution in [0.2, 0.25) is 0 Å². The second-order valence-electron chi connectivity index (χ2n) is 6.13. The number of nitrogens with zero attached hydrogens (tertiary/aromatic N) is 3. The Kier molecular flexibility index (Phi) is 5.60. The number of aromatic nitrogens is 3. The van der Waals surface area contributed by atoms with Crippen molar-refractivity contribution in [1.29, 1.82) is 0 Å². The Morgan fingerprint density at radius 3 is 2.88 bits per heavy atom. The molecule has 1 amide bonds. The van der Waals surface area contributed by atoms with Crippen LogP contribution in [0.1, 0.15) is 46.0 Å². The molecule has 1 atom stereocenters. The van der Waals surface area contributed by atoms with Crippen molar-refractivity contribution in [1.82, 2.24) is 20.1 Å². The summed E-state index contributed by atoms with van der Waals surface area (Å²) in [5.41, 5.74) is 0. The van der Waals surface area contributed by atoms with Crippen molar-refractivity contribution < 1.29 is 9.21 Å². The zero-order chi connectivity index (χ0) is 16.9. The van der Waals surface area contributed by atoms with Gasteiger partial charge in [0.2, 0.25) is 5.91 Å². The molecule has 0 aromatic carbocycles. The van der Waals surface area contributed by atoms with E-state index < -0.39 is 0 Å². The predicted molar refractivity (Wildman–Crippen MR) is 93.7 cm³/mol. The standard InChI is InChI=1S/C17H24N4O2S/c1-3-21-15(14-10-7-11-23-14)19-20-17(21)24-12(2)16(22)18-13-8-5-4-6-9-13/h7,10-13H,3-6,8-9H2,1-2H3,(H,18,22)/t12-/m0/s1. The van der Waals surface area contributed by atoms with Crippen LogP contribution in [-0.4, -0.2) is 32.0 Å². The van der Waals surface area contributed by atoms with Crippen LogP contribution in [0.25, 0.3) is 11.6 Å². The molecule has 3 rings (SSSR count). The molecule has 1 N–H and O–H groups in total. The summed E-state index contributed by atoms with van der Waals surface area (Å²) >= 11 is 1.45. The van der Waals surface area contributed by atoms with Gasteiger partial charge in [0.15, 0.2) is 16.7 Å². The SMILES string of the molecule is CCn1c(S[C@@H](C)C(=O)NC2CCCCC2)nnc1-c1ccco1. The van der Waals surface area contributed by atoms with Crippen LogP contribution in [0.4, 0.5) is 0 Å². The van der Waals surface area contributed by atoms with Crippen molar-refractivity contribution >= 4 is 17.7 Å². The summed E-state index contributed by atoms with van der Waals surface area (Å²) in [5.74, 6) is 1.47. The summed E-state index contributed by atoms with van der Waals surface area (Å²) in [6.07, 6.45) is 7.52. The van der Waals surface area contributed by atoms with Gasteiger partial charge >= 0.3 is 0 Å². The van der Waals surface area contributed by atoms with Crippen molar-refractivity contribution in [2.45, 2.75) is 68.9 Å². The van der Waals surface area contributed by atoms with E-state index in [9.17, 15) is 4.79 Å². The van der Waals surface area contributed by atoms with Gasteiger partial charge in [-0.15, -0.1) is 10.2 Å². The molecule has 0 unspecified atom stereocenters. The van der Waals surface area contributed by atoms with E-state index in [1.54, 1.807) is 6.26 Å². The first-order valence-electron chi connectivity index (χ1n) is 8.63. The quantitative estimate of drug-likeness (QED) is 0.809. The number of rotatable bonds is 6. The number of thioether (sulfide) groups is 1. The van der Waals surface area contributed by atoms with E-state index in [2.05, 4.69) is 15.5 Å². The minimum Gasteiger partial charge on any atom is -0.461 e. The van der Waals surface area contributed by atoms with Gasteiger partial charge in [-0.1, -0.05) is 31.0 Å². The van der Waals surface area contributed by atoms with E-state index in [1.807, 2.05) is 30.5 Å². The highest BCUT2D eigenvalue weighted by Gasteiger charge is 2.23. The molecular formula is C17H24N4O2S. The van der Waals surface area contributed by atoms with Crippen LogP contribution in [0.15, 0.2) is 28.0 Å². The molecular weight excluding hydrogens is 324 g/mol. The van der Waals surface area contributed by atoms with Gasteiger partial charge in [-0.3, -0.25) is 9.36 Å². The van der Waals surface area contributed by atoms with Gasteiger partial charge in [0.1, 0.15) is 0 Å². The average molecular weight is 348 g/mol. The molecule has 2 aromatic rings. The summed E-state index contributed by atoms with van der Waals surface area (Å²) in [4.78, 5) is 12.4. The number of furan rings is 1. The number of carbonyl (C=O) groups excluding carboxylic acids is 1. The highest BCUT2D eigenvalue weighted by atomic mass is 32.2. The summed E-state index contributed by atoms with van der Waals surface area (Å²) in [6, 6.07) is 4.03. The average Bonchev–Trinajstić information content (AvgIpc) is 3.24. The fourth-order valence-electron chi connectivity index (χ4n) is 3.03. The first-order valence-corrected chi connectivity index (χ1v) is 9.51. The molecule has 0 saturated heterocycles. The predicted octanol–water partition coefficient (Wildman–Crippen LogP) is 3.49. The van der Waals surface area contributed by atoms with E-state index in [1.165, 1.54) is 31.0 Å². The Labute approximate surface area is 146 Å². The number of hydrogen-bond acceptors (Lipinski definition) is 5. The molecule has 0 bridgehead atoms. The molecule has 1 fully saturated rings. The zero-order valence-electron chi connectivity index (χ0n) is 14.2. The molecule has 1 aliphatic carbocycles. The molecule has 1 saturated carbocycles. The second kappa shape index (κ2) is 7.88. The third-order valence-corrected chi connectivity index (χ3v) is 5.46. The smallest absolute Gasteiger partial charge is 0.233 e. The van der Waals surface area contributed by atoms with E-state index >= 15 is 0 Å². The third kappa shape index (κ3) is 3.83. The lowest BCUT2D eigenvalue weighted by Gasteiger charge is -2.24. The fraction of sp³-hybridized carbons (Fsp3) is 0.588. The summed E-state index contributed by atoms with van der Waals surface area (Å²) < 4.78 is 7.40. The zero-order valence-corrected chi connectivity index (χ0v) is 15.0. The van der Waals surface area contributed by atoms with Gasteiger partial charge < -0.3 is 9.73 Å². The molecule has 24 heavy (non-hydrogen) atoms. The van der Waals surface area contributed by atoms with Crippen molar-refractivity contribution in [3.63, 3.8) is 0 Å². The maximum absolute atomic E-state index is 12.4. The van der Waals surface area contributed by atoms with E-state index in [-0.39, 0.29) is 11.2 Å². The van der Waals surface area contributed by atoms with Gasteiger partial charge in [0.05, 0.1) is 11.5 Å². The van der Waals surface area contributed by atoms with Crippen LogP contribution in [0.5, 0.6) is 0 Å². The molecule has 0 aliphatic heterocycles. The summed E-state index contributed by atoms with van der Waals surface area (Å²) in [6.45, 7) is 4.68. The number of amides is 1. The lowest BCUT2D eigenvalue weighted by Crippen LogP contribution is -2.40. The molecule has 6 nitrogen and oxygen atoms in total. The van der Waals surface area contributed by atoms with Crippen LogP contribution in [-0.2, 0) is 11.3 Å². The molecule has 7 heteroatoms. The summed E-state index contributed by atoms with van der Waals surface area (Å²) in [7, 11) is 0. The van der Waals surface area contributed by atoms with Gasteiger partial charge in [-0.25, -0.2) is 0 Å². The topological polar surface area (TPSA) is 73.0 Å². The Bertz CT molecular complexity index is 662. The third-order valence-electron chi connectivity index (χ3n) is 4.38. The Hall–Kier alpha value is -1.76. The maximum Gasteiger partial charge on any atom is 0.233 e. The van der Waals surface area contributed by atoms with Crippen LogP contribution in [0.3, 0.4) is 0 Å². The minimum absolute atomic E-state index is 0.0806. The number of carbonyl (C=O) groups is 1. The van der Waals surface area contributed by atoms with E-state index in [0.29, 0.717) is 17.6 Å². The van der Waals surface area contributed by atoms with Crippen molar-refractivity contribution in [2.75, 3.05) is 0 Å². The van der Waals surface area contributed by atoms with Crippen LogP contribution in [0, 0.1) is 0 Å². The number of nitrogens with one attached hydrogen (secondary N) is 1. The monoisotopic (exact) mass is 348 g/mol. The molecule has 130 valence electrons. The molecule has 2 heterocycles. The lowest BCUT2D eigenvalue weighted by atomic mass is 9.95. The molecule has 1 aliphatic rings. The highest BCUT2D eigenvalue weighted by Crippen LogP contribution is 2.27. The van der Waals surface area contributed by atoms with Crippen LogP contribution < -0.4 is 5.32 Å². The van der Waals surface area contributed by atoms with E-state index in [0.717, 1.165) is 24.5 Å². The van der Waals surface area contributed by atoms with Gasteiger partial charge in [-0.05, 0) is 38.8 Å². The first kappa shape index (κ1) is 17.1. The first-order chi connectivity index (χ1) is 11.7. The van der Waals surface area contributed by atoms with Crippen molar-refractivity contribution in [3.8, 4) is 11.6 Å². The lowest BCUT2D eigenvalue weighted by molar-refractivity contribution is -0.121. The Balaban J connectivity index is 1.65. The largest absolute Gasteiger partial charge is 0.461 e. The Morgan fingerprint density at radius 2 is 2.21 bits per heavy atom. The van der Waals surface area contributed by atoms with E-state index in [4.69, 9.17) is 4.42 Å². The summed E-state index contributed by atoms with van der Waals surface area (Å²) in [5, 5.41) is 12.2. The highest BCUT2D eigenvalue weighted by molar-refractivity contribution is 8.00. The molecule has 0 spiro atoms. The van der Waals surface area contributed by atoms with Crippen molar-refractivity contribution in [3.05, 3.63) is 18.4 Å². The van der Waals surface area contributed by atoms with Crippen molar-refractivity contribution in [2.24, 2.45) is 0 Å².